The van der Waals surface area contributed by atoms with Crippen LogP contribution in [0.2, 0.25) is 0 Å². The summed E-state index contributed by atoms with van der Waals surface area (Å²) in [5.74, 6) is -0.707. The van der Waals surface area contributed by atoms with E-state index in [4.69, 9.17) is 9.26 Å². The van der Waals surface area contributed by atoms with E-state index in [1.54, 1.807) is 7.11 Å². The summed E-state index contributed by atoms with van der Waals surface area (Å²) < 4.78 is 10.1. The Morgan fingerprint density at radius 1 is 1.52 bits per heavy atom. The molecule has 1 aromatic rings. The lowest BCUT2D eigenvalue weighted by Gasteiger charge is -2.41. The van der Waals surface area contributed by atoms with Crippen molar-refractivity contribution in [3.8, 4) is 0 Å². The number of carbonyl (C=O) groups excluding carboxylic acids is 1. The van der Waals surface area contributed by atoms with Crippen molar-refractivity contribution in [2.45, 2.75) is 38.0 Å². The topological polar surface area (TPSA) is 118 Å². The molecule has 9 heteroatoms. The van der Waals surface area contributed by atoms with Crippen LogP contribution in [0, 0.1) is 5.92 Å². The molecule has 2 N–H and O–H groups in total. The molecule has 2 aliphatic rings. The van der Waals surface area contributed by atoms with Crippen LogP contribution in [0.1, 0.15) is 31.0 Å². The summed E-state index contributed by atoms with van der Waals surface area (Å²) in [6.07, 6.45) is 1.28. The Bertz CT molecular complexity index is 594. The molecule has 2 aliphatic heterocycles. The van der Waals surface area contributed by atoms with E-state index in [0.29, 0.717) is 50.8 Å². The first-order chi connectivity index (χ1) is 11.0. The van der Waals surface area contributed by atoms with Gasteiger partial charge in [0.2, 0.25) is 11.8 Å². The van der Waals surface area contributed by atoms with Gasteiger partial charge in [-0.2, -0.15) is 4.98 Å². The highest BCUT2D eigenvalue weighted by molar-refractivity contribution is 5.88. The number of carboxylic acid groups (broad SMARTS) is 1. The lowest BCUT2D eigenvalue weighted by atomic mass is 9.78. The molecule has 0 saturated carbocycles. The fourth-order valence-electron chi connectivity index (χ4n) is 3.44. The van der Waals surface area contributed by atoms with E-state index in [-0.39, 0.29) is 12.3 Å². The maximum atomic E-state index is 11.6. The first kappa shape index (κ1) is 15.9. The number of methoxy groups -OCH3 is 1. The van der Waals surface area contributed by atoms with E-state index in [2.05, 4.69) is 20.4 Å². The predicted octanol–water partition coefficient (Wildman–Crippen LogP) is -0.229. The summed E-state index contributed by atoms with van der Waals surface area (Å²) in [5, 5.41) is 16.1. The van der Waals surface area contributed by atoms with E-state index in [0.717, 1.165) is 0 Å². The van der Waals surface area contributed by atoms with Crippen molar-refractivity contribution in [3.63, 3.8) is 0 Å². The van der Waals surface area contributed by atoms with Crippen LogP contribution in [0.15, 0.2) is 4.52 Å². The third-order valence-electron chi connectivity index (χ3n) is 4.63. The molecule has 0 aromatic carbocycles. The summed E-state index contributed by atoms with van der Waals surface area (Å²) in [4.78, 5) is 29.4. The maximum absolute atomic E-state index is 11.6. The molecule has 1 atom stereocenters. The Hall–Kier alpha value is -2.00. The van der Waals surface area contributed by atoms with E-state index >= 15 is 0 Å². The molecule has 9 nitrogen and oxygen atoms in total. The third kappa shape index (κ3) is 3.20. The summed E-state index contributed by atoms with van der Waals surface area (Å²) in [6.45, 7) is 2.16. The van der Waals surface area contributed by atoms with Crippen molar-refractivity contribution in [2.75, 3.05) is 20.2 Å². The van der Waals surface area contributed by atoms with E-state index in [9.17, 15) is 14.7 Å². The minimum absolute atomic E-state index is 0.0688. The van der Waals surface area contributed by atoms with Gasteiger partial charge in [-0.1, -0.05) is 5.16 Å². The Labute approximate surface area is 133 Å². The molecule has 0 radical (unpaired) electrons. The Kier molecular flexibility index (Phi) is 4.31. The Morgan fingerprint density at radius 3 is 2.91 bits per heavy atom. The first-order valence-corrected chi connectivity index (χ1v) is 7.59. The van der Waals surface area contributed by atoms with Crippen molar-refractivity contribution in [1.82, 2.24) is 20.4 Å². The fraction of sp³-hybridized carbons (Fsp3) is 0.714. The van der Waals surface area contributed by atoms with Crippen LogP contribution in [-0.4, -0.2) is 57.8 Å². The highest BCUT2D eigenvalue weighted by Crippen LogP contribution is 2.37. The number of carboxylic acids is 1. The number of ether oxygens (including phenoxy) is 1. The van der Waals surface area contributed by atoms with Crippen LogP contribution in [0.4, 0.5) is 0 Å². The van der Waals surface area contributed by atoms with Crippen LogP contribution in [0.5, 0.6) is 0 Å². The lowest BCUT2D eigenvalue weighted by molar-refractivity contribution is -0.144. The van der Waals surface area contributed by atoms with Gasteiger partial charge in [0.05, 0.1) is 18.0 Å². The van der Waals surface area contributed by atoms with Crippen LogP contribution < -0.4 is 5.32 Å². The molecular formula is C14H20N4O5. The number of carbonyl (C=O) groups is 2. The molecule has 23 heavy (non-hydrogen) atoms. The molecule has 126 valence electrons. The normalized spacial score (nSPS) is 24.0. The quantitative estimate of drug-likeness (QED) is 0.762. The van der Waals surface area contributed by atoms with Gasteiger partial charge in [-0.3, -0.25) is 14.5 Å². The number of piperidine rings is 1. The van der Waals surface area contributed by atoms with Crippen molar-refractivity contribution < 1.29 is 24.0 Å². The van der Waals surface area contributed by atoms with E-state index < -0.39 is 17.4 Å². The second-order valence-corrected chi connectivity index (χ2v) is 6.11. The Balaban J connectivity index is 1.59. The average molecular weight is 324 g/mol. The zero-order chi connectivity index (χ0) is 16.4. The molecule has 2 fully saturated rings. The number of nitrogens with one attached hydrogen (secondary N) is 1. The summed E-state index contributed by atoms with van der Waals surface area (Å²) in [5.41, 5.74) is -0.616. The molecule has 1 amide bonds. The number of hydrogen-bond donors (Lipinski definition) is 2. The highest BCUT2D eigenvalue weighted by Gasteiger charge is 2.51. The number of aromatic nitrogens is 2. The van der Waals surface area contributed by atoms with Gasteiger partial charge < -0.3 is 19.7 Å². The minimum Gasteiger partial charge on any atom is -0.481 e. The van der Waals surface area contributed by atoms with Crippen LogP contribution in [0.25, 0.3) is 0 Å². The maximum Gasteiger partial charge on any atom is 0.309 e. The number of amides is 1. The number of hydrogen-bond acceptors (Lipinski definition) is 7. The second-order valence-electron chi connectivity index (χ2n) is 6.11. The van der Waals surface area contributed by atoms with Gasteiger partial charge >= 0.3 is 5.97 Å². The molecule has 1 aromatic heterocycles. The molecule has 0 bridgehead atoms. The molecule has 2 saturated heterocycles. The number of likely N-dealkylation sites (tertiary alicyclic amines) is 1. The highest BCUT2D eigenvalue weighted by atomic mass is 16.5. The predicted molar refractivity (Wildman–Crippen MR) is 76.1 cm³/mol. The smallest absolute Gasteiger partial charge is 0.309 e. The monoisotopic (exact) mass is 324 g/mol. The zero-order valence-electron chi connectivity index (χ0n) is 12.9. The zero-order valence-corrected chi connectivity index (χ0v) is 12.9. The van der Waals surface area contributed by atoms with Gasteiger partial charge in [-0.15, -0.1) is 0 Å². The Morgan fingerprint density at radius 2 is 2.26 bits per heavy atom. The average Bonchev–Trinajstić information content (AvgIpc) is 3.07. The number of nitrogens with zero attached hydrogens (tertiary/aromatic N) is 3. The van der Waals surface area contributed by atoms with Gasteiger partial charge in [0.1, 0.15) is 6.61 Å². The number of aliphatic carboxylic acids is 1. The van der Waals surface area contributed by atoms with Gasteiger partial charge in [0.15, 0.2) is 5.82 Å². The summed E-state index contributed by atoms with van der Waals surface area (Å²) in [7, 11) is 1.56. The van der Waals surface area contributed by atoms with Gasteiger partial charge in [0.25, 0.3) is 0 Å². The van der Waals surface area contributed by atoms with Crippen molar-refractivity contribution >= 4 is 11.9 Å². The fourth-order valence-corrected chi connectivity index (χ4v) is 3.44. The van der Waals surface area contributed by atoms with E-state index in [1.165, 1.54) is 0 Å². The molecule has 0 aliphatic carbocycles. The van der Waals surface area contributed by atoms with Gasteiger partial charge in [0, 0.05) is 26.6 Å². The standard InChI is InChI=1S/C14H20N4O5/c1-22-8-10-15-12(23-17-10)7-18-4-2-14(3-5-18)9(13(20)21)6-11(19)16-14/h9H,2-8H2,1H3,(H,16,19)(H,20,21). The van der Waals surface area contributed by atoms with Gasteiger partial charge in [-0.25, -0.2) is 0 Å². The number of rotatable bonds is 5. The summed E-state index contributed by atoms with van der Waals surface area (Å²) >= 11 is 0. The van der Waals surface area contributed by atoms with Crippen molar-refractivity contribution in [3.05, 3.63) is 11.7 Å². The van der Waals surface area contributed by atoms with Crippen LogP contribution in [0.3, 0.4) is 0 Å². The molecule has 1 spiro atoms. The SMILES string of the molecule is COCc1noc(CN2CCC3(CC2)NC(=O)CC3C(=O)O)n1. The largest absolute Gasteiger partial charge is 0.481 e. The first-order valence-electron chi connectivity index (χ1n) is 7.59. The molecule has 1 unspecified atom stereocenters. The molecule has 3 rings (SSSR count). The van der Waals surface area contributed by atoms with Crippen LogP contribution >= 0.6 is 0 Å². The second kappa shape index (κ2) is 6.25. The lowest BCUT2D eigenvalue weighted by Crippen LogP contribution is -2.55. The minimum atomic E-state index is -0.905. The van der Waals surface area contributed by atoms with Crippen molar-refractivity contribution in [2.24, 2.45) is 5.92 Å². The van der Waals surface area contributed by atoms with Gasteiger partial charge in [-0.05, 0) is 12.8 Å². The van der Waals surface area contributed by atoms with Crippen molar-refractivity contribution in [1.29, 1.82) is 0 Å². The molecular weight excluding hydrogens is 304 g/mol. The summed E-state index contributed by atoms with van der Waals surface area (Å²) in [6, 6.07) is 0. The van der Waals surface area contributed by atoms with Crippen LogP contribution in [-0.2, 0) is 27.5 Å². The molecule has 3 heterocycles. The third-order valence-corrected chi connectivity index (χ3v) is 4.63. The van der Waals surface area contributed by atoms with E-state index in [1.807, 2.05) is 0 Å².